The molecule has 1 aromatic rings. The summed E-state index contributed by atoms with van der Waals surface area (Å²) in [5, 5.41) is 6.92. The molecule has 0 aliphatic carbocycles. The molecule has 0 aromatic carbocycles. The maximum absolute atomic E-state index is 6.92. The van der Waals surface area contributed by atoms with E-state index in [9.17, 15) is 0 Å². The molecule has 0 saturated carbocycles. The van der Waals surface area contributed by atoms with Gasteiger partial charge in [-0.05, 0) is 29.3 Å². The molecule has 0 saturated heterocycles. The number of nitrogens with one attached hydrogen (secondary N) is 1. The van der Waals surface area contributed by atoms with Crippen LogP contribution in [0.2, 0.25) is 0 Å². The summed E-state index contributed by atoms with van der Waals surface area (Å²) in [5.41, 5.74) is 1.97. The van der Waals surface area contributed by atoms with E-state index in [-0.39, 0.29) is 0 Å². The summed E-state index contributed by atoms with van der Waals surface area (Å²) < 4.78 is 0. The minimum atomic E-state index is 0.937. The van der Waals surface area contributed by atoms with E-state index in [0.29, 0.717) is 0 Å². The van der Waals surface area contributed by atoms with E-state index in [1.165, 1.54) is 6.21 Å². The Labute approximate surface area is 71.8 Å². The lowest BCUT2D eigenvalue weighted by Crippen LogP contribution is -1.81. The second-order valence-electron chi connectivity index (χ2n) is 2.23. The van der Waals surface area contributed by atoms with Gasteiger partial charge in [0.2, 0.25) is 0 Å². The second-order valence-corrected chi connectivity index (χ2v) is 2.23. The average molecular weight is 158 g/mol. The van der Waals surface area contributed by atoms with Gasteiger partial charge in [-0.3, -0.25) is 4.98 Å². The molecule has 0 aliphatic rings. The van der Waals surface area contributed by atoms with E-state index < -0.39 is 0 Å². The Kier molecular flexibility index (Phi) is 2.96. The largest absolute Gasteiger partial charge is 0.309 e. The molecule has 0 fully saturated rings. The average Bonchev–Trinajstić information content (AvgIpc) is 2.15. The highest BCUT2D eigenvalue weighted by Gasteiger charge is 1.93. The highest BCUT2D eigenvalue weighted by atomic mass is 14.6. The van der Waals surface area contributed by atoms with Crippen molar-refractivity contribution in [2.75, 3.05) is 0 Å². The Hall–Kier alpha value is -1.70. The molecule has 1 N–H and O–H groups in total. The van der Waals surface area contributed by atoms with Gasteiger partial charge in [0, 0.05) is 18.6 Å². The van der Waals surface area contributed by atoms with Gasteiger partial charge in [0.15, 0.2) is 0 Å². The Balaban J connectivity index is 3.03. The van der Waals surface area contributed by atoms with Crippen LogP contribution in [0.1, 0.15) is 5.56 Å². The summed E-state index contributed by atoms with van der Waals surface area (Å²) in [7, 11) is 0. The first kappa shape index (κ1) is 8.40. The fourth-order valence-electron chi connectivity index (χ4n) is 0.916. The van der Waals surface area contributed by atoms with Crippen molar-refractivity contribution in [2.45, 2.75) is 0 Å². The van der Waals surface area contributed by atoms with E-state index in [0.717, 1.165) is 11.1 Å². The van der Waals surface area contributed by atoms with E-state index in [2.05, 4.69) is 11.6 Å². The molecule has 0 amide bonds. The summed E-state index contributed by atoms with van der Waals surface area (Å²) in [4.78, 5) is 3.90. The first-order valence-corrected chi connectivity index (χ1v) is 3.62. The van der Waals surface area contributed by atoms with Crippen LogP contribution in [0.4, 0.5) is 0 Å². The van der Waals surface area contributed by atoms with Crippen molar-refractivity contribution in [1.82, 2.24) is 4.98 Å². The molecule has 1 heterocycles. The van der Waals surface area contributed by atoms with Gasteiger partial charge in [-0.25, -0.2) is 0 Å². The quantitative estimate of drug-likeness (QED) is 0.531. The molecule has 1 aromatic heterocycles. The maximum atomic E-state index is 6.92. The van der Waals surface area contributed by atoms with E-state index >= 15 is 0 Å². The van der Waals surface area contributed by atoms with Crippen LogP contribution >= 0.6 is 0 Å². The smallest absolute Gasteiger partial charge is 0.0273 e. The normalized spacial score (nSPS) is 10.8. The predicted molar refractivity (Wildman–Crippen MR) is 51.2 cm³/mol. The highest BCUT2D eigenvalue weighted by Crippen LogP contribution is 2.12. The molecule has 60 valence electrons. The summed E-state index contributed by atoms with van der Waals surface area (Å²) in [6, 6.07) is 3.77. The summed E-state index contributed by atoms with van der Waals surface area (Å²) >= 11 is 0. The number of hydrogen-bond acceptors (Lipinski definition) is 2. The van der Waals surface area contributed by atoms with E-state index in [4.69, 9.17) is 5.41 Å². The monoisotopic (exact) mass is 158 g/mol. The number of aromatic nitrogens is 1. The second kappa shape index (κ2) is 4.23. The van der Waals surface area contributed by atoms with Crippen molar-refractivity contribution in [3.63, 3.8) is 0 Å². The standard InChI is InChI=1S/C10H10N2/c1-2-9(3-6-11)10-4-7-12-8-5-10/h2-8,11H,1H2/b9-3+,11-6?. The number of nitrogens with zero attached hydrogens (tertiary/aromatic N) is 1. The molecule has 1 rings (SSSR count). The lowest BCUT2D eigenvalue weighted by atomic mass is 10.1. The zero-order valence-electron chi connectivity index (χ0n) is 6.70. The molecule has 0 atom stereocenters. The van der Waals surface area contributed by atoms with Crippen LogP contribution in [0, 0.1) is 5.41 Å². The van der Waals surface area contributed by atoms with Crippen molar-refractivity contribution < 1.29 is 0 Å². The van der Waals surface area contributed by atoms with E-state index in [1.807, 2.05) is 12.1 Å². The van der Waals surface area contributed by atoms with Crippen LogP contribution in [0.3, 0.4) is 0 Å². The Morgan fingerprint density at radius 3 is 2.58 bits per heavy atom. The Bertz CT molecular complexity index is 299. The molecule has 2 heteroatoms. The topological polar surface area (TPSA) is 36.7 Å². The third-order valence-electron chi connectivity index (χ3n) is 1.50. The number of rotatable bonds is 3. The number of hydrogen-bond donors (Lipinski definition) is 1. The molecule has 0 unspecified atom stereocenters. The number of allylic oxidation sites excluding steroid dienone is 3. The molecule has 2 nitrogen and oxygen atoms in total. The third kappa shape index (κ3) is 1.89. The van der Waals surface area contributed by atoms with Crippen molar-refractivity contribution in [1.29, 1.82) is 5.41 Å². The first-order valence-electron chi connectivity index (χ1n) is 3.62. The van der Waals surface area contributed by atoms with Gasteiger partial charge >= 0.3 is 0 Å². The van der Waals surface area contributed by atoms with Crippen molar-refractivity contribution in [3.8, 4) is 0 Å². The zero-order chi connectivity index (χ0) is 8.81. The minimum absolute atomic E-state index is 0.937. The molecular weight excluding hydrogens is 148 g/mol. The van der Waals surface area contributed by atoms with Crippen LogP contribution in [0.15, 0.2) is 43.3 Å². The summed E-state index contributed by atoms with van der Waals surface area (Å²) in [6.07, 6.45) is 8.10. The van der Waals surface area contributed by atoms with Gasteiger partial charge < -0.3 is 5.41 Å². The molecule has 0 bridgehead atoms. The van der Waals surface area contributed by atoms with Gasteiger partial charge in [0.05, 0.1) is 0 Å². The van der Waals surface area contributed by atoms with Crippen molar-refractivity contribution in [3.05, 3.63) is 48.8 Å². The fourth-order valence-corrected chi connectivity index (χ4v) is 0.916. The first-order chi connectivity index (χ1) is 5.88. The fraction of sp³-hybridized carbons (Fsp3) is 0. The third-order valence-corrected chi connectivity index (χ3v) is 1.50. The van der Waals surface area contributed by atoms with Gasteiger partial charge in [0.25, 0.3) is 0 Å². The Morgan fingerprint density at radius 2 is 2.08 bits per heavy atom. The summed E-state index contributed by atoms with van der Waals surface area (Å²) in [5.74, 6) is 0. The molecule has 0 radical (unpaired) electrons. The predicted octanol–water partition coefficient (Wildman–Crippen LogP) is 2.30. The Morgan fingerprint density at radius 1 is 1.42 bits per heavy atom. The summed E-state index contributed by atoms with van der Waals surface area (Å²) in [6.45, 7) is 3.66. The maximum Gasteiger partial charge on any atom is 0.0273 e. The van der Waals surface area contributed by atoms with Crippen molar-refractivity contribution >= 4 is 11.8 Å². The molecule has 12 heavy (non-hydrogen) atoms. The van der Waals surface area contributed by atoms with Crippen LogP contribution < -0.4 is 0 Å². The lowest BCUT2D eigenvalue weighted by molar-refractivity contribution is 1.32. The highest BCUT2D eigenvalue weighted by molar-refractivity contribution is 5.86. The molecular formula is C10H10N2. The minimum Gasteiger partial charge on any atom is -0.309 e. The lowest BCUT2D eigenvalue weighted by Gasteiger charge is -1.98. The van der Waals surface area contributed by atoms with Crippen LogP contribution in [0.5, 0.6) is 0 Å². The number of pyridine rings is 1. The van der Waals surface area contributed by atoms with Gasteiger partial charge in [0.1, 0.15) is 0 Å². The van der Waals surface area contributed by atoms with Crippen LogP contribution in [-0.2, 0) is 0 Å². The van der Waals surface area contributed by atoms with Gasteiger partial charge in [-0.15, -0.1) is 0 Å². The molecule has 0 aliphatic heterocycles. The molecule has 0 spiro atoms. The van der Waals surface area contributed by atoms with Gasteiger partial charge in [-0.1, -0.05) is 12.7 Å². The van der Waals surface area contributed by atoms with Crippen LogP contribution in [0.25, 0.3) is 5.57 Å². The van der Waals surface area contributed by atoms with Crippen LogP contribution in [-0.4, -0.2) is 11.2 Å². The van der Waals surface area contributed by atoms with Gasteiger partial charge in [-0.2, -0.15) is 0 Å². The zero-order valence-corrected chi connectivity index (χ0v) is 6.70. The SMILES string of the molecule is C=C/C(=C\C=N)c1ccncc1. The van der Waals surface area contributed by atoms with Crippen molar-refractivity contribution in [2.24, 2.45) is 0 Å². The van der Waals surface area contributed by atoms with E-state index in [1.54, 1.807) is 24.5 Å².